The van der Waals surface area contributed by atoms with Gasteiger partial charge >= 0.3 is 17.8 Å². The lowest BCUT2D eigenvalue weighted by Gasteiger charge is -1.93. The number of esters is 1. The van der Waals surface area contributed by atoms with Gasteiger partial charge in [-0.2, -0.15) is 0 Å². The molecule has 1 aromatic heterocycles. The number of carboxylic acids is 1. The molecule has 0 radical (unpaired) electrons. The highest BCUT2D eigenvalue weighted by atomic mass is 16.5. The molecule has 1 aromatic carbocycles. The summed E-state index contributed by atoms with van der Waals surface area (Å²) in [5.74, 6) is -1.91. The smallest absolute Gasteiger partial charge is 0.394 e. The fourth-order valence-corrected chi connectivity index (χ4v) is 1.44. The van der Waals surface area contributed by atoms with Crippen LogP contribution in [0.4, 0.5) is 0 Å². The van der Waals surface area contributed by atoms with Crippen LogP contribution in [-0.4, -0.2) is 29.1 Å². The number of fused-ring (bicyclic) bond motifs is 1. The zero-order chi connectivity index (χ0) is 13.1. The standard InChI is InChI=1S/C12H9NO5/c1-17-12(16)11-13-8-4-2-3-7(10(8)18-11)5-6-9(14)15/h2-6H,1H3,(H,14,15)/b6-5+. The number of carbonyl (C=O) groups excluding carboxylic acids is 1. The lowest BCUT2D eigenvalue weighted by atomic mass is 10.2. The van der Waals surface area contributed by atoms with Gasteiger partial charge in [-0.3, -0.25) is 0 Å². The molecule has 1 N–H and O–H groups in total. The summed E-state index contributed by atoms with van der Waals surface area (Å²) in [6.07, 6.45) is 2.35. The van der Waals surface area contributed by atoms with Crippen LogP contribution in [0.3, 0.4) is 0 Å². The van der Waals surface area contributed by atoms with Gasteiger partial charge in [0.2, 0.25) is 0 Å². The van der Waals surface area contributed by atoms with Gasteiger partial charge < -0.3 is 14.3 Å². The van der Waals surface area contributed by atoms with Gasteiger partial charge in [0.05, 0.1) is 7.11 Å². The summed E-state index contributed by atoms with van der Waals surface area (Å²) in [5, 5.41) is 8.57. The first-order valence-electron chi connectivity index (χ1n) is 5.00. The van der Waals surface area contributed by atoms with E-state index in [-0.39, 0.29) is 5.89 Å². The van der Waals surface area contributed by atoms with Gasteiger partial charge in [0.15, 0.2) is 5.58 Å². The molecule has 6 nitrogen and oxygen atoms in total. The van der Waals surface area contributed by atoms with E-state index in [0.717, 1.165) is 6.08 Å². The molecule has 0 unspecified atom stereocenters. The lowest BCUT2D eigenvalue weighted by molar-refractivity contribution is -0.131. The predicted molar refractivity (Wildman–Crippen MR) is 62.0 cm³/mol. The van der Waals surface area contributed by atoms with Gasteiger partial charge in [-0.15, -0.1) is 0 Å². The fourth-order valence-electron chi connectivity index (χ4n) is 1.44. The normalized spacial score (nSPS) is 10.9. The second-order valence-corrected chi connectivity index (χ2v) is 3.38. The number of benzene rings is 1. The molecule has 2 rings (SSSR count). The minimum atomic E-state index is -1.07. The summed E-state index contributed by atoms with van der Waals surface area (Å²) in [6, 6.07) is 5.00. The molecule has 92 valence electrons. The average molecular weight is 247 g/mol. The van der Waals surface area contributed by atoms with E-state index in [2.05, 4.69) is 9.72 Å². The average Bonchev–Trinajstić information content (AvgIpc) is 2.79. The first-order chi connectivity index (χ1) is 8.61. The molecule has 0 fully saturated rings. The van der Waals surface area contributed by atoms with Crippen LogP contribution < -0.4 is 0 Å². The van der Waals surface area contributed by atoms with Gasteiger partial charge in [0.25, 0.3) is 0 Å². The molecule has 0 saturated heterocycles. The summed E-state index contributed by atoms with van der Waals surface area (Å²) < 4.78 is 9.75. The van der Waals surface area contributed by atoms with E-state index >= 15 is 0 Å². The minimum Gasteiger partial charge on any atom is -0.478 e. The second-order valence-electron chi connectivity index (χ2n) is 3.38. The number of carboxylic acid groups (broad SMARTS) is 1. The van der Waals surface area contributed by atoms with Crippen LogP contribution in [0.5, 0.6) is 0 Å². The van der Waals surface area contributed by atoms with E-state index in [4.69, 9.17) is 9.52 Å². The van der Waals surface area contributed by atoms with Crippen molar-refractivity contribution < 1.29 is 23.8 Å². The molecule has 0 aliphatic heterocycles. The van der Waals surface area contributed by atoms with Crippen molar-refractivity contribution in [3.8, 4) is 0 Å². The number of hydrogen-bond donors (Lipinski definition) is 1. The van der Waals surface area contributed by atoms with Crippen molar-refractivity contribution in [2.45, 2.75) is 0 Å². The Labute approximate surface area is 101 Å². The Morgan fingerprint density at radius 3 is 2.89 bits per heavy atom. The third-order valence-corrected chi connectivity index (χ3v) is 2.21. The number of ether oxygens (including phenoxy) is 1. The molecule has 0 aliphatic rings. The van der Waals surface area contributed by atoms with Crippen molar-refractivity contribution in [3.63, 3.8) is 0 Å². The number of methoxy groups -OCH3 is 1. The van der Waals surface area contributed by atoms with E-state index in [1.165, 1.54) is 13.2 Å². The van der Waals surface area contributed by atoms with Crippen molar-refractivity contribution in [2.24, 2.45) is 0 Å². The Bertz CT molecular complexity index is 641. The minimum absolute atomic E-state index is 0.163. The van der Waals surface area contributed by atoms with Crippen LogP contribution >= 0.6 is 0 Å². The maximum atomic E-state index is 11.3. The SMILES string of the molecule is COC(=O)c1nc2cccc(/C=C/C(=O)O)c2o1. The highest BCUT2D eigenvalue weighted by molar-refractivity contribution is 5.93. The number of aliphatic carboxylic acids is 1. The number of carbonyl (C=O) groups is 2. The number of para-hydroxylation sites is 1. The number of rotatable bonds is 3. The maximum Gasteiger partial charge on any atom is 0.394 e. The van der Waals surface area contributed by atoms with Crippen molar-refractivity contribution in [2.75, 3.05) is 7.11 Å². The first kappa shape index (κ1) is 11.8. The molecular weight excluding hydrogens is 238 g/mol. The predicted octanol–water partition coefficient (Wildman–Crippen LogP) is 1.71. The van der Waals surface area contributed by atoms with Crippen LogP contribution in [0.25, 0.3) is 17.2 Å². The van der Waals surface area contributed by atoms with Crippen molar-refractivity contribution in [1.82, 2.24) is 4.98 Å². The maximum absolute atomic E-state index is 11.3. The summed E-state index contributed by atoms with van der Waals surface area (Å²) >= 11 is 0. The molecule has 0 bridgehead atoms. The molecule has 1 heterocycles. The van der Waals surface area contributed by atoms with Crippen LogP contribution in [0.2, 0.25) is 0 Å². The number of nitrogens with zero attached hydrogens (tertiary/aromatic N) is 1. The Hall–Kier alpha value is -2.63. The lowest BCUT2D eigenvalue weighted by Crippen LogP contribution is -2.00. The third-order valence-electron chi connectivity index (χ3n) is 2.21. The Kier molecular flexibility index (Phi) is 3.09. The van der Waals surface area contributed by atoms with E-state index in [1.54, 1.807) is 18.2 Å². The Morgan fingerprint density at radius 2 is 2.22 bits per heavy atom. The van der Waals surface area contributed by atoms with Crippen LogP contribution in [-0.2, 0) is 9.53 Å². The van der Waals surface area contributed by atoms with Crippen molar-refractivity contribution >= 4 is 29.1 Å². The summed E-state index contributed by atoms with van der Waals surface area (Å²) in [4.78, 5) is 25.7. The Morgan fingerprint density at radius 1 is 1.44 bits per heavy atom. The molecule has 6 heteroatoms. The van der Waals surface area contributed by atoms with Gasteiger partial charge in [-0.25, -0.2) is 14.6 Å². The number of hydrogen-bond acceptors (Lipinski definition) is 5. The molecule has 2 aromatic rings. The zero-order valence-corrected chi connectivity index (χ0v) is 9.41. The number of aromatic nitrogens is 1. The van der Waals surface area contributed by atoms with Gasteiger partial charge in [-0.1, -0.05) is 12.1 Å². The molecule has 0 spiro atoms. The quantitative estimate of drug-likeness (QED) is 0.656. The van der Waals surface area contributed by atoms with Gasteiger partial charge in [0.1, 0.15) is 5.52 Å². The number of oxazole rings is 1. The van der Waals surface area contributed by atoms with Crippen molar-refractivity contribution in [1.29, 1.82) is 0 Å². The molecule has 0 aliphatic carbocycles. The highest BCUT2D eigenvalue weighted by Crippen LogP contribution is 2.21. The highest BCUT2D eigenvalue weighted by Gasteiger charge is 2.15. The summed E-state index contributed by atoms with van der Waals surface area (Å²) in [6.45, 7) is 0. The van der Waals surface area contributed by atoms with Gasteiger partial charge in [-0.05, 0) is 12.1 Å². The monoisotopic (exact) mass is 247 g/mol. The van der Waals surface area contributed by atoms with E-state index in [0.29, 0.717) is 16.7 Å². The van der Waals surface area contributed by atoms with Crippen LogP contribution in [0.1, 0.15) is 16.2 Å². The zero-order valence-electron chi connectivity index (χ0n) is 9.41. The van der Waals surface area contributed by atoms with E-state index in [1.807, 2.05) is 0 Å². The summed E-state index contributed by atoms with van der Waals surface area (Å²) in [7, 11) is 1.22. The molecule has 0 amide bonds. The summed E-state index contributed by atoms with van der Waals surface area (Å²) in [5.41, 5.74) is 1.33. The van der Waals surface area contributed by atoms with Crippen LogP contribution in [0, 0.1) is 0 Å². The van der Waals surface area contributed by atoms with Crippen LogP contribution in [0.15, 0.2) is 28.7 Å². The molecule has 0 atom stereocenters. The largest absolute Gasteiger partial charge is 0.478 e. The van der Waals surface area contributed by atoms with Gasteiger partial charge in [0, 0.05) is 11.6 Å². The fraction of sp³-hybridized carbons (Fsp3) is 0.0833. The molecular formula is C12H9NO5. The van der Waals surface area contributed by atoms with E-state index in [9.17, 15) is 9.59 Å². The topological polar surface area (TPSA) is 89.6 Å². The third kappa shape index (κ3) is 2.22. The van der Waals surface area contributed by atoms with E-state index < -0.39 is 11.9 Å². The Balaban J connectivity index is 2.52. The first-order valence-corrected chi connectivity index (χ1v) is 5.00. The second kappa shape index (κ2) is 4.70. The molecule has 18 heavy (non-hydrogen) atoms. The van der Waals surface area contributed by atoms with Crippen molar-refractivity contribution in [3.05, 3.63) is 35.7 Å². The molecule has 0 saturated carbocycles.